The van der Waals surface area contributed by atoms with Crippen molar-refractivity contribution in [2.75, 3.05) is 6.56 Å². The average molecular weight is 488 g/mol. The molecule has 5 atom stereocenters. The van der Waals surface area contributed by atoms with Gasteiger partial charge in [0.15, 0.2) is 6.23 Å². The number of alkyl halides is 1. The Labute approximate surface area is 161 Å². The van der Waals surface area contributed by atoms with Gasteiger partial charge in [-0.15, -0.1) is 0 Å². The molecule has 0 saturated carbocycles. The highest BCUT2D eigenvalue weighted by atomic mass is 31.3. The van der Waals surface area contributed by atoms with Crippen molar-refractivity contribution in [1.29, 1.82) is 0 Å². The van der Waals surface area contributed by atoms with E-state index in [1.54, 1.807) is 4.98 Å². The number of aromatic amines is 1. The number of phosphoric acid groups is 3. The van der Waals surface area contributed by atoms with Gasteiger partial charge in [-0.3, -0.25) is 18.9 Å². The van der Waals surface area contributed by atoms with Gasteiger partial charge in [0, 0.05) is 18.7 Å². The molecule has 0 amide bonds. The average Bonchev–Trinajstić information content (AvgIpc) is 2.78. The van der Waals surface area contributed by atoms with Crippen LogP contribution in [-0.4, -0.2) is 52.7 Å². The zero-order valence-electron chi connectivity index (χ0n) is 15.6. The minimum Gasteiger partial charge on any atom is -0.388 e. The molecule has 6 N–H and O–H groups in total. The summed E-state index contributed by atoms with van der Waals surface area (Å²) in [5.41, 5.74) is -2.04. The lowest BCUT2D eigenvalue weighted by Gasteiger charge is -2.22. The van der Waals surface area contributed by atoms with Gasteiger partial charge in [0.05, 0.1) is 2.74 Å². The summed E-state index contributed by atoms with van der Waals surface area (Å²) in [7, 11) is -17.9. The maximum absolute atomic E-state index is 15.1. The number of rotatable bonds is 8. The molecule has 0 aliphatic carbocycles. The first-order valence-corrected chi connectivity index (χ1v) is 11.5. The van der Waals surface area contributed by atoms with Gasteiger partial charge < -0.3 is 29.4 Å². The van der Waals surface area contributed by atoms with Gasteiger partial charge >= 0.3 is 29.2 Å². The monoisotopic (exact) mass is 488 g/mol. The van der Waals surface area contributed by atoms with Crippen LogP contribution in [0.2, 0.25) is 0 Å². The summed E-state index contributed by atoms with van der Waals surface area (Å²) in [6.45, 7) is -4.03. The molecule has 2 unspecified atom stereocenters. The van der Waals surface area contributed by atoms with E-state index in [2.05, 4.69) is 17.9 Å². The molecule has 1 aromatic heterocycles. The van der Waals surface area contributed by atoms with E-state index >= 15 is 4.39 Å². The number of nitrogens with one attached hydrogen (secondary N) is 1. The van der Waals surface area contributed by atoms with Crippen molar-refractivity contribution in [3.05, 3.63) is 33.1 Å². The molecule has 0 spiro atoms. The van der Waals surface area contributed by atoms with Crippen LogP contribution < -0.4 is 11.2 Å². The minimum atomic E-state index is -6.12. The Morgan fingerprint density at radius 2 is 1.90 bits per heavy atom. The molecule has 1 aliphatic heterocycles. The van der Waals surface area contributed by atoms with Crippen LogP contribution in [0.5, 0.6) is 0 Å². The summed E-state index contributed by atoms with van der Waals surface area (Å²) in [5.74, 6) is -3.78. The van der Waals surface area contributed by atoms with Crippen LogP contribution in [0.15, 0.2) is 21.9 Å². The number of aliphatic hydroxyl groups excluding tert-OH is 1. The molecule has 20 heteroatoms. The van der Waals surface area contributed by atoms with Crippen molar-refractivity contribution in [3.63, 3.8) is 0 Å². The quantitative estimate of drug-likeness (QED) is 0.236. The van der Waals surface area contributed by atoms with Gasteiger partial charge in [-0.25, -0.2) is 22.9 Å². The minimum absolute atomic E-state index is 0.467. The summed E-state index contributed by atoms with van der Waals surface area (Å²) < 4.78 is 79.4. The lowest BCUT2D eigenvalue weighted by molar-refractivity contribution is -0.178. The first-order valence-electron chi connectivity index (χ1n) is 7.97. The van der Waals surface area contributed by atoms with Crippen molar-refractivity contribution in [2.45, 2.75) is 24.6 Å². The lowest BCUT2D eigenvalue weighted by atomic mass is 10.2. The number of halogens is 1. The first kappa shape index (κ1) is 21.2. The van der Waals surface area contributed by atoms with Crippen LogP contribution in [0, 0.1) is 0 Å². The summed E-state index contributed by atoms with van der Waals surface area (Å²) in [6, 6.07) is 0.788. The smallest absolute Gasteiger partial charge is 0.388 e. The molecule has 1 fully saturated rings. The van der Waals surface area contributed by atoms with Crippen LogP contribution in [0.25, 0.3) is 0 Å². The van der Waals surface area contributed by atoms with Gasteiger partial charge in [0.1, 0.15) is 12.7 Å². The molecule has 0 bridgehead atoms. The van der Waals surface area contributed by atoms with Crippen molar-refractivity contribution in [3.8, 4) is 0 Å². The van der Waals surface area contributed by atoms with E-state index in [-0.39, 0.29) is 0 Å². The van der Waals surface area contributed by atoms with Gasteiger partial charge in [-0.2, -0.15) is 8.62 Å². The number of aromatic nitrogens is 2. The number of ether oxygens (including phenoxy) is 1. The fourth-order valence-electron chi connectivity index (χ4n) is 2.05. The second-order valence-corrected chi connectivity index (χ2v) is 9.65. The van der Waals surface area contributed by atoms with E-state index in [9.17, 15) is 33.3 Å². The zero-order chi connectivity index (χ0) is 24.0. The third-order valence-electron chi connectivity index (χ3n) is 2.96. The van der Waals surface area contributed by atoms with E-state index < -0.39 is 65.9 Å². The lowest BCUT2D eigenvalue weighted by Crippen LogP contribution is -2.35. The Morgan fingerprint density at radius 3 is 2.45 bits per heavy atom. The number of nitrogens with zero attached hydrogens (tertiary/aromatic N) is 1. The van der Waals surface area contributed by atoms with Crippen LogP contribution in [0.1, 0.15) is 15.4 Å². The van der Waals surface area contributed by atoms with Gasteiger partial charge in [0.2, 0.25) is 5.85 Å². The largest absolute Gasteiger partial charge is 0.490 e. The van der Waals surface area contributed by atoms with Crippen molar-refractivity contribution >= 4 is 23.5 Å². The standard InChI is InChI=1S/C9H14FN2O14P3/c10-9(4-23-28(19,20)26-29(21,22)25-27(16,17)18)3-5(13)7(24-9)12-2-1-6(14)11-8(12)15/h1-2,5,7,13H,3-4H2,(H,19,20)(H,21,22)(H,11,14,15)(H2,16,17,18)/t5-,7-,9+/m1/s1/i4D2. The van der Waals surface area contributed by atoms with E-state index in [4.69, 9.17) is 17.4 Å². The molecule has 1 aromatic rings. The predicted molar refractivity (Wildman–Crippen MR) is 85.7 cm³/mol. The van der Waals surface area contributed by atoms with Crippen LogP contribution in [0.3, 0.4) is 0 Å². The Hall–Kier alpha value is -1.06. The summed E-state index contributed by atoms with van der Waals surface area (Å²) in [4.78, 5) is 59.9. The molecule has 1 saturated heterocycles. The fourth-order valence-corrected chi connectivity index (χ4v) is 4.94. The molecule has 166 valence electrons. The second kappa shape index (κ2) is 8.23. The molecular formula is C9H14FN2O14P3. The highest BCUT2D eigenvalue weighted by molar-refractivity contribution is 7.66. The maximum Gasteiger partial charge on any atom is 0.490 e. The van der Waals surface area contributed by atoms with Gasteiger partial charge in [-0.05, 0) is 0 Å². The fraction of sp³-hybridized carbons (Fsp3) is 0.556. The topological polar surface area (TPSA) is 244 Å². The highest BCUT2D eigenvalue weighted by Crippen LogP contribution is 2.66. The Bertz CT molecular complexity index is 1100. The Morgan fingerprint density at radius 1 is 1.28 bits per heavy atom. The summed E-state index contributed by atoms with van der Waals surface area (Å²) in [5, 5.41) is 9.95. The van der Waals surface area contributed by atoms with Gasteiger partial charge in [0.25, 0.3) is 5.56 Å². The Kier molecular flexibility index (Phi) is 6.01. The number of hydrogen-bond acceptors (Lipinski definition) is 10. The molecule has 16 nitrogen and oxygen atoms in total. The van der Waals surface area contributed by atoms with E-state index in [0.29, 0.717) is 4.57 Å². The molecule has 0 aromatic carbocycles. The summed E-state index contributed by atoms with van der Waals surface area (Å²) >= 11 is 0. The third kappa shape index (κ3) is 7.00. The molecular weight excluding hydrogens is 472 g/mol. The molecule has 29 heavy (non-hydrogen) atoms. The number of hydrogen-bond donors (Lipinski definition) is 6. The van der Waals surface area contributed by atoms with Crippen molar-refractivity contribution in [2.24, 2.45) is 0 Å². The molecule has 1 aliphatic rings. The predicted octanol–water partition coefficient (Wildman–Crippen LogP) is -1.17. The zero-order valence-corrected chi connectivity index (χ0v) is 16.3. The van der Waals surface area contributed by atoms with Crippen LogP contribution in [0.4, 0.5) is 4.39 Å². The highest BCUT2D eigenvalue weighted by Gasteiger charge is 2.50. The van der Waals surface area contributed by atoms with Crippen LogP contribution >= 0.6 is 23.5 Å². The van der Waals surface area contributed by atoms with E-state index in [1.807, 2.05) is 0 Å². The Balaban J connectivity index is 2.25. The first-order chi connectivity index (χ1) is 13.8. The van der Waals surface area contributed by atoms with E-state index in [0.717, 1.165) is 12.3 Å². The van der Waals surface area contributed by atoms with E-state index in [1.165, 1.54) is 0 Å². The van der Waals surface area contributed by atoms with Crippen molar-refractivity contribution in [1.82, 2.24) is 9.55 Å². The number of aliphatic hydroxyl groups is 1. The SMILES string of the molecule is [2H]C([2H])(OP(=O)(O)OP(=O)(O)OP(=O)(O)O)[C@]1(F)C[C@@H](O)[C@H](n2ccc(=O)[nH]c2=O)O1. The van der Waals surface area contributed by atoms with Gasteiger partial charge in [-0.1, -0.05) is 0 Å². The van der Waals surface area contributed by atoms with Crippen LogP contribution in [-0.2, 0) is 31.6 Å². The second-order valence-electron chi connectivity index (χ2n) is 5.31. The number of H-pyrrole nitrogens is 1. The van der Waals surface area contributed by atoms with Crippen molar-refractivity contribution < 1.29 is 63.4 Å². The molecule has 2 rings (SSSR count). The molecule has 0 radical (unpaired) electrons. The number of phosphoric ester groups is 1. The summed E-state index contributed by atoms with van der Waals surface area (Å²) in [6.07, 6.45) is -4.45. The maximum atomic E-state index is 15.1. The molecule has 2 heterocycles. The normalized spacial score (nSPS) is 30.8. The third-order valence-corrected chi connectivity index (χ3v) is 6.61.